The Morgan fingerprint density at radius 1 is 1.33 bits per heavy atom. The molecule has 1 heterocycles. The first kappa shape index (κ1) is 23.4. The van der Waals surface area contributed by atoms with Crippen LogP contribution in [0.5, 0.6) is 0 Å². The van der Waals surface area contributed by atoms with Gasteiger partial charge in [-0.25, -0.2) is 8.78 Å². The van der Waals surface area contributed by atoms with E-state index < -0.39 is 17.0 Å². The second kappa shape index (κ2) is 10.0. The maximum atomic E-state index is 13.9. The molecule has 27 heavy (non-hydrogen) atoms. The average molecular weight is 495 g/mol. The SMILES string of the molecule is CN=C(NCC(C)(C)C(=O)NC)NC1CCN(c2c(F)cccc2F)C1.I. The molecule has 0 bridgehead atoms. The smallest absolute Gasteiger partial charge is 0.227 e. The lowest BCUT2D eigenvalue weighted by Gasteiger charge is -2.25. The molecule has 1 atom stereocenters. The molecule has 0 aliphatic carbocycles. The number of aliphatic imine (C=N–C) groups is 1. The predicted molar refractivity (Wildman–Crippen MR) is 115 cm³/mol. The number of carbonyl (C=O) groups is 1. The third-order valence-electron chi connectivity index (χ3n) is 4.55. The molecule has 1 aliphatic heterocycles. The predicted octanol–water partition coefficient (Wildman–Crippen LogP) is 2.10. The summed E-state index contributed by atoms with van der Waals surface area (Å²) in [6, 6.07) is 3.89. The number of guanidine groups is 1. The van der Waals surface area contributed by atoms with Crippen LogP contribution in [-0.4, -0.2) is 51.6 Å². The Balaban J connectivity index is 0.00000364. The molecule has 6 nitrogen and oxygen atoms in total. The zero-order chi connectivity index (χ0) is 19.3. The summed E-state index contributed by atoms with van der Waals surface area (Å²) in [5.74, 6) is -0.619. The monoisotopic (exact) mass is 495 g/mol. The van der Waals surface area contributed by atoms with Gasteiger partial charge < -0.3 is 20.9 Å². The van der Waals surface area contributed by atoms with E-state index in [1.807, 2.05) is 13.8 Å². The first-order valence-corrected chi connectivity index (χ1v) is 8.67. The number of carbonyl (C=O) groups excluding carboxylic acids is 1. The van der Waals surface area contributed by atoms with Gasteiger partial charge in [0, 0.05) is 39.8 Å². The number of hydrogen-bond acceptors (Lipinski definition) is 3. The summed E-state index contributed by atoms with van der Waals surface area (Å²) in [5, 5.41) is 9.03. The van der Waals surface area contributed by atoms with E-state index in [0.29, 0.717) is 25.6 Å². The van der Waals surface area contributed by atoms with Crippen molar-refractivity contribution in [3.8, 4) is 0 Å². The van der Waals surface area contributed by atoms with Crippen molar-refractivity contribution >= 4 is 41.5 Å². The van der Waals surface area contributed by atoms with E-state index in [1.54, 1.807) is 19.0 Å². The molecule has 0 aromatic heterocycles. The number of halogens is 3. The number of hydrogen-bond donors (Lipinski definition) is 3. The van der Waals surface area contributed by atoms with Gasteiger partial charge >= 0.3 is 0 Å². The fraction of sp³-hybridized carbons (Fsp3) is 0.556. The van der Waals surface area contributed by atoms with Crippen molar-refractivity contribution in [1.82, 2.24) is 16.0 Å². The lowest BCUT2D eigenvalue weighted by molar-refractivity contribution is -0.128. The third kappa shape index (κ3) is 5.91. The summed E-state index contributed by atoms with van der Waals surface area (Å²) in [6.07, 6.45) is 0.729. The van der Waals surface area contributed by atoms with Crippen molar-refractivity contribution in [2.45, 2.75) is 26.3 Å². The minimum absolute atomic E-state index is 0. The molecular weight excluding hydrogens is 467 g/mol. The zero-order valence-corrected chi connectivity index (χ0v) is 18.4. The fourth-order valence-corrected chi connectivity index (χ4v) is 2.98. The molecule has 0 radical (unpaired) electrons. The molecule has 1 unspecified atom stereocenters. The van der Waals surface area contributed by atoms with Gasteiger partial charge in [-0.15, -0.1) is 24.0 Å². The van der Waals surface area contributed by atoms with Gasteiger partial charge in [0.05, 0.1) is 5.41 Å². The summed E-state index contributed by atoms with van der Waals surface area (Å²) in [5.41, 5.74) is -0.579. The van der Waals surface area contributed by atoms with Crippen molar-refractivity contribution in [1.29, 1.82) is 0 Å². The Kier molecular flexibility index (Phi) is 8.70. The first-order valence-electron chi connectivity index (χ1n) is 8.67. The molecule has 0 saturated carbocycles. The molecule has 9 heteroatoms. The van der Waals surface area contributed by atoms with E-state index >= 15 is 0 Å². The molecule has 1 amide bonds. The van der Waals surface area contributed by atoms with Crippen LogP contribution in [0.3, 0.4) is 0 Å². The maximum Gasteiger partial charge on any atom is 0.227 e. The number of rotatable bonds is 5. The van der Waals surface area contributed by atoms with Crippen LogP contribution in [0.4, 0.5) is 14.5 Å². The van der Waals surface area contributed by atoms with Crippen molar-refractivity contribution in [3.63, 3.8) is 0 Å². The molecular formula is C18H28F2IN5O. The van der Waals surface area contributed by atoms with Crippen LogP contribution >= 0.6 is 24.0 Å². The highest BCUT2D eigenvalue weighted by Gasteiger charge is 2.29. The van der Waals surface area contributed by atoms with E-state index in [9.17, 15) is 13.6 Å². The van der Waals surface area contributed by atoms with E-state index in [-0.39, 0.29) is 41.6 Å². The van der Waals surface area contributed by atoms with Crippen LogP contribution in [0.2, 0.25) is 0 Å². The van der Waals surface area contributed by atoms with E-state index in [1.165, 1.54) is 18.2 Å². The van der Waals surface area contributed by atoms with Crippen LogP contribution in [0.25, 0.3) is 0 Å². The van der Waals surface area contributed by atoms with Crippen LogP contribution in [-0.2, 0) is 4.79 Å². The second-order valence-corrected chi connectivity index (χ2v) is 7.03. The van der Waals surface area contributed by atoms with Gasteiger partial charge in [0.1, 0.15) is 17.3 Å². The Morgan fingerprint density at radius 3 is 2.52 bits per heavy atom. The minimum Gasteiger partial charge on any atom is -0.365 e. The highest BCUT2D eigenvalue weighted by Crippen LogP contribution is 2.26. The van der Waals surface area contributed by atoms with Crippen molar-refractivity contribution in [2.75, 3.05) is 38.6 Å². The highest BCUT2D eigenvalue weighted by molar-refractivity contribution is 14.0. The third-order valence-corrected chi connectivity index (χ3v) is 4.55. The van der Waals surface area contributed by atoms with Crippen LogP contribution in [0.15, 0.2) is 23.2 Å². The summed E-state index contributed by atoms with van der Waals surface area (Å²) in [7, 11) is 3.25. The highest BCUT2D eigenvalue weighted by atomic mass is 127. The largest absolute Gasteiger partial charge is 0.365 e. The lowest BCUT2D eigenvalue weighted by atomic mass is 9.92. The topological polar surface area (TPSA) is 68.8 Å². The average Bonchev–Trinajstić information content (AvgIpc) is 3.05. The number of para-hydroxylation sites is 1. The molecule has 1 aromatic rings. The van der Waals surface area contributed by atoms with Gasteiger partial charge in [-0.2, -0.15) is 0 Å². The Hall–Kier alpha value is -1.65. The molecule has 152 valence electrons. The van der Waals surface area contributed by atoms with E-state index in [2.05, 4.69) is 20.9 Å². The number of nitrogens with zero attached hydrogens (tertiary/aromatic N) is 2. The van der Waals surface area contributed by atoms with Gasteiger partial charge in [0.25, 0.3) is 0 Å². The molecule has 0 spiro atoms. The Labute approximate surface area is 176 Å². The van der Waals surface area contributed by atoms with Gasteiger partial charge in [-0.05, 0) is 32.4 Å². The normalized spacial score (nSPS) is 17.3. The molecule has 1 aliphatic rings. The summed E-state index contributed by atoms with van der Waals surface area (Å²) >= 11 is 0. The standard InChI is InChI=1S/C18H27F2N5O.HI/c1-18(2,16(26)21-3)11-23-17(22-4)24-12-8-9-25(10-12)15-13(19)6-5-7-14(15)20;/h5-7,12H,8-11H2,1-4H3,(H,21,26)(H2,22,23,24);1H. The fourth-order valence-electron chi connectivity index (χ4n) is 2.98. The number of anilines is 1. The first-order chi connectivity index (χ1) is 12.3. The number of benzene rings is 1. The number of amides is 1. The molecule has 2 rings (SSSR count). The quantitative estimate of drug-likeness (QED) is 0.333. The Bertz CT molecular complexity index is 663. The van der Waals surface area contributed by atoms with Gasteiger partial charge in [0.15, 0.2) is 5.96 Å². The lowest BCUT2D eigenvalue weighted by Crippen LogP contribution is -2.50. The summed E-state index contributed by atoms with van der Waals surface area (Å²) in [4.78, 5) is 17.7. The molecule has 1 saturated heterocycles. The van der Waals surface area contributed by atoms with Crippen LogP contribution in [0, 0.1) is 17.0 Å². The van der Waals surface area contributed by atoms with Crippen molar-refractivity contribution in [2.24, 2.45) is 10.4 Å². The second-order valence-electron chi connectivity index (χ2n) is 7.03. The van der Waals surface area contributed by atoms with Gasteiger partial charge in [-0.1, -0.05) is 6.07 Å². The molecule has 1 fully saturated rings. The number of nitrogens with one attached hydrogen (secondary N) is 3. The van der Waals surface area contributed by atoms with Crippen molar-refractivity contribution in [3.05, 3.63) is 29.8 Å². The molecule has 3 N–H and O–H groups in total. The van der Waals surface area contributed by atoms with Gasteiger partial charge in [0.2, 0.25) is 5.91 Å². The van der Waals surface area contributed by atoms with Crippen molar-refractivity contribution < 1.29 is 13.6 Å². The van der Waals surface area contributed by atoms with Gasteiger partial charge in [-0.3, -0.25) is 9.79 Å². The van der Waals surface area contributed by atoms with E-state index in [4.69, 9.17) is 0 Å². The van der Waals surface area contributed by atoms with Crippen LogP contribution in [0.1, 0.15) is 20.3 Å². The summed E-state index contributed by atoms with van der Waals surface area (Å²) in [6.45, 7) is 5.10. The Morgan fingerprint density at radius 2 is 1.96 bits per heavy atom. The molecule has 1 aromatic carbocycles. The zero-order valence-electron chi connectivity index (χ0n) is 16.1. The van der Waals surface area contributed by atoms with E-state index in [0.717, 1.165) is 6.42 Å². The summed E-state index contributed by atoms with van der Waals surface area (Å²) < 4.78 is 27.9. The maximum absolute atomic E-state index is 13.9. The van der Waals surface area contributed by atoms with Crippen LogP contribution < -0.4 is 20.9 Å². The minimum atomic E-state index is -0.593.